The van der Waals surface area contributed by atoms with Crippen LogP contribution in [0.5, 0.6) is 0 Å². The monoisotopic (exact) mass is 508 g/mol. The van der Waals surface area contributed by atoms with E-state index in [1.807, 2.05) is 81.4 Å². The summed E-state index contributed by atoms with van der Waals surface area (Å²) in [5.74, 6) is -0.581. The van der Waals surface area contributed by atoms with Crippen LogP contribution in [0, 0.1) is 0 Å². The van der Waals surface area contributed by atoms with E-state index >= 15 is 0 Å². The molecule has 2 N–H and O–H groups in total. The quantitative estimate of drug-likeness (QED) is 0.213. The normalized spacial score (nSPS) is 12.5. The fraction of sp³-hybridized carbons (Fsp3) is 0.448. The van der Waals surface area contributed by atoms with Crippen molar-refractivity contribution in [2.75, 3.05) is 6.61 Å². The Morgan fingerprint density at radius 2 is 1.50 bits per heavy atom. The van der Waals surface area contributed by atoms with Gasteiger partial charge in [-0.3, -0.25) is 4.79 Å². The number of carbonyl (C=O) groups is 1. The van der Waals surface area contributed by atoms with E-state index in [0.717, 1.165) is 36.1 Å². The van der Waals surface area contributed by atoms with Gasteiger partial charge >= 0.3 is 5.97 Å². The molecule has 0 aliphatic heterocycles. The molecule has 3 rings (SSSR count). The van der Waals surface area contributed by atoms with Crippen LogP contribution < -0.4 is 15.9 Å². The first kappa shape index (κ1) is 27.7. The number of nitrogens with one attached hydrogen (secondary N) is 1. The van der Waals surface area contributed by atoms with Crippen molar-refractivity contribution in [1.82, 2.24) is 9.78 Å². The minimum absolute atomic E-state index is 0.0365. The van der Waals surface area contributed by atoms with Gasteiger partial charge in [0.25, 0.3) is 13.9 Å². The zero-order valence-electron chi connectivity index (χ0n) is 22.2. The summed E-state index contributed by atoms with van der Waals surface area (Å²) in [5.41, 5.74) is -0.858. The summed E-state index contributed by atoms with van der Waals surface area (Å²) < 4.78 is 6.75. The van der Waals surface area contributed by atoms with E-state index < -0.39 is 19.8 Å². The van der Waals surface area contributed by atoms with Crippen molar-refractivity contribution in [3.05, 3.63) is 82.8 Å². The molecule has 0 atom stereocenters. The fourth-order valence-electron chi connectivity index (χ4n) is 4.92. The summed E-state index contributed by atoms with van der Waals surface area (Å²) in [5, 5.41) is 4.60. The van der Waals surface area contributed by atoms with Crippen LogP contribution in [0.1, 0.15) is 77.1 Å². The predicted octanol–water partition coefficient (Wildman–Crippen LogP) is 4.57. The molecule has 1 aromatic heterocycles. The van der Waals surface area contributed by atoms with Gasteiger partial charge in [-0.15, -0.1) is 0 Å². The summed E-state index contributed by atoms with van der Waals surface area (Å²) in [6.07, 6.45) is 5.42. The van der Waals surface area contributed by atoms with Gasteiger partial charge < -0.3 is 14.6 Å². The molecule has 0 unspecified atom stereocenters. The first-order valence-corrected chi connectivity index (χ1v) is 14.8. The number of hydrogen-bond donors (Lipinski definition) is 2. The minimum atomic E-state index is -3.08. The van der Waals surface area contributed by atoms with Crippen molar-refractivity contribution in [3.8, 4) is 0 Å². The van der Waals surface area contributed by atoms with Gasteiger partial charge in [0.15, 0.2) is 0 Å². The Kier molecular flexibility index (Phi) is 8.79. The van der Waals surface area contributed by atoms with Crippen molar-refractivity contribution in [3.63, 3.8) is 0 Å². The highest BCUT2D eigenvalue weighted by Gasteiger charge is 2.49. The molecular formula is C29H40N2O4Si. The largest absolute Gasteiger partial charge is 0.462 e. The topological polar surface area (TPSA) is 84.3 Å². The van der Waals surface area contributed by atoms with Gasteiger partial charge in [0.2, 0.25) is 0 Å². The lowest BCUT2D eigenvalue weighted by molar-refractivity contribution is 0.0497. The molecule has 0 bridgehead atoms. The smallest absolute Gasteiger partial charge is 0.345 e. The highest BCUT2D eigenvalue weighted by Crippen LogP contribution is 2.41. The molecule has 2 aromatic carbocycles. The maximum atomic E-state index is 13.0. The van der Waals surface area contributed by atoms with Gasteiger partial charge in [0.1, 0.15) is 5.56 Å². The second kappa shape index (κ2) is 11.4. The molecule has 0 spiro atoms. The third-order valence-electron chi connectivity index (χ3n) is 7.28. The number of aromatic nitrogens is 2. The van der Waals surface area contributed by atoms with Crippen molar-refractivity contribution < 1.29 is 14.3 Å². The van der Waals surface area contributed by atoms with Crippen LogP contribution in [0.2, 0.25) is 5.04 Å². The summed E-state index contributed by atoms with van der Waals surface area (Å²) in [4.78, 5) is 37.7. The SMILES string of the molecule is CCCCOC(=O)c1c[nH]n(C(C)(C)CCCC(C)(C)[Si](O)(c2ccccc2)c2ccccc2)c1=O. The lowest BCUT2D eigenvalue weighted by Crippen LogP contribution is -2.65. The summed E-state index contributed by atoms with van der Waals surface area (Å²) >= 11 is 0. The van der Waals surface area contributed by atoms with E-state index in [9.17, 15) is 14.4 Å². The Bertz CT molecular complexity index is 1140. The maximum absolute atomic E-state index is 13.0. The van der Waals surface area contributed by atoms with Gasteiger partial charge in [0, 0.05) is 6.20 Å². The van der Waals surface area contributed by atoms with Gasteiger partial charge in [-0.05, 0) is 48.5 Å². The van der Waals surface area contributed by atoms with E-state index in [1.54, 1.807) is 0 Å². The predicted molar refractivity (Wildman–Crippen MR) is 148 cm³/mol. The van der Waals surface area contributed by atoms with Crippen LogP contribution in [0.4, 0.5) is 0 Å². The average Bonchev–Trinajstić information content (AvgIpc) is 3.26. The Hall–Kier alpha value is -2.90. The first-order chi connectivity index (χ1) is 17.0. The molecule has 0 saturated heterocycles. The number of carbonyl (C=O) groups excluding carboxylic acids is 1. The van der Waals surface area contributed by atoms with Crippen LogP contribution in [0.15, 0.2) is 71.7 Å². The van der Waals surface area contributed by atoms with Crippen molar-refractivity contribution in [2.45, 2.75) is 77.3 Å². The zero-order valence-corrected chi connectivity index (χ0v) is 23.2. The Balaban J connectivity index is 1.77. The molecule has 0 saturated carbocycles. The molecule has 7 heteroatoms. The molecule has 0 radical (unpaired) electrons. The van der Waals surface area contributed by atoms with Crippen LogP contribution >= 0.6 is 0 Å². The number of aromatic amines is 1. The average molecular weight is 509 g/mol. The van der Waals surface area contributed by atoms with Crippen molar-refractivity contribution in [1.29, 1.82) is 0 Å². The Labute approximate surface area is 215 Å². The third kappa shape index (κ3) is 5.73. The highest BCUT2D eigenvalue weighted by molar-refractivity contribution is 6.98. The number of H-pyrrole nitrogens is 1. The van der Waals surface area contributed by atoms with E-state index in [0.29, 0.717) is 13.0 Å². The number of esters is 1. The van der Waals surface area contributed by atoms with Crippen molar-refractivity contribution in [2.24, 2.45) is 0 Å². The van der Waals surface area contributed by atoms with E-state index in [2.05, 4.69) is 18.9 Å². The molecule has 3 aromatic rings. The summed E-state index contributed by atoms with van der Waals surface area (Å²) in [6.45, 7) is 10.6. The lowest BCUT2D eigenvalue weighted by Gasteiger charge is -2.42. The molecule has 0 aliphatic rings. The molecular weight excluding hydrogens is 468 g/mol. The van der Waals surface area contributed by atoms with Crippen LogP contribution in [0.25, 0.3) is 0 Å². The Morgan fingerprint density at radius 3 is 2.03 bits per heavy atom. The number of benzene rings is 2. The van der Waals surface area contributed by atoms with Crippen LogP contribution in [0.3, 0.4) is 0 Å². The molecule has 36 heavy (non-hydrogen) atoms. The molecule has 0 aliphatic carbocycles. The zero-order chi connectivity index (χ0) is 26.4. The number of ether oxygens (including phenoxy) is 1. The van der Waals surface area contributed by atoms with Crippen molar-refractivity contribution >= 4 is 24.7 Å². The summed E-state index contributed by atoms with van der Waals surface area (Å²) in [7, 11) is -3.08. The number of unbranched alkanes of at least 4 members (excludes halogenated alkanes) is 1. The number of nitrogens with zero attached hydrogens (tertiary/aromatic N) is 1. The molecule has 0 fully saturated rings. The molecule has 194 valence electrons. The fourth-order valence-corrected chi connectivity index (χ4v) is 8.70. The number of hydrogen-bond acceptors (Lipinski definition) is 4. The summed E-state index contributed by atoms with van der Waals surface area (Å²) in [6, 6.07) is 20.0. The van der Waals surface area contributed by atoms with Crippen LogP contribution in [-0.2, 0) is 10.3 Å². The molecule has 6 nitrogen and oxygen atoms in total. The van der Waals surface area contributed by atoms with Gasteiger partial charge in [-0.1, -0.05) is 94.3 Å². The van der Waals surface area contributed by atoms with Gasteiger partial charge in [-0.25, -0.2) is 9.48 Å². The third-order valence-corrected chi connectivity index (χ3v) is 11.8. The van der Waals surface area contributed by atoms with E-state index in [1.165, 1.54) is 10.9 Å². The standard InChI is InChI=1S/C29H40N2O4Si/c1-6-7-21-35-27(33)25-22-30-31(26(25)32)28(2,3)19-14-20-29(4,5)36(34,23-15-10-8-11-16-23)24-17-12-9-13-18-24/h8-13,15-18,22,30,34H,6-7,14,19-21H2,1-5H3. The second-order valence-electron chi connectivity index (χ2n) is 10.8. The van der Waals surface area contributed by atoms with Crippen LogP contribution in [-0.4, -0.2) is 35.5 Å². The molecule has 1 heterocycles. The first-order valence-electron chi connectivity index (χ1n) is 12.9. The minimum Gasteiger partial charge on any atom is -0.462 e. The molecule has 0 amide bonds. The lowest BCUT2D eigenvalue weighted by atomic mass is 9.94. The van der Waals surface area contributed by atoms with Gasteiger partial charge in [0.05, 0.1) is 12.1 Å². The van der Waals surface area contributed by atoms with E-state index in [4.69, 9.17) is 4.74 Å². The Morgan fingerprint density at radius 1 is 0.944 bits per heavy atom. The second-order valence-corrected chi connectivity index (χ2v) is 14.7. The highest BCUT2D eigenvalue weighted by atomic mass is 28.4. The van der Waals surface area contributed by atoms with E-state index in [-0.39, 0.29) is 16.2 Å². The van der Waals surface area contributed by atoms with Gasteiger partial charge in [-0.2, -0.15) is 0 Å². The number of rotatable bonds is 12. The maximum Gasteiger partial charge on any atom is 0.345 e.